The van der Waals surface area contributed by atoms with Crippen molar-refractivity contribution in [3.63, 3.8) is 0 Å². The fourth-order valence-corrected chi connectivity index (χ4v) is 6.41. The van der Waals surface area contributed by atoms with Crippen molar-refractivity contribution < 1.29 is 28.2 Å². The Morgan fingerprint density at radius 3 is 2.27 bits per heavy atom. The third-order valence-corrected chi connectivity index (χ3v) is 9.59. The number of halogens is 1. The van der Waals surface area contributed by atoms with Crippen molar-refractivity contribution in [1.82, 2.24) is 19.7 Å². The van der Waals surface area contributed by atoms with Crippen molar-refractivity contribution in [2.24, 2.45) is 10.8 Å². The summed E-state index contributed by atoms with van der Waals surface area (Å²) in [6.07, 6.45) is 3.38. The van der Waals surface area contributed by atoms with Gasteiger partial charge >= 0.3 is 12.1 Å². The number of carbonyl (C=O) groups excluding carboxylic acids is 3. The number of esters is 1. The quantitative estimate of drug-likeness (QED) is 0.236. The Bertz CT molecular complexity index is 1920. The van der Waals surface area contributed by atoms with Gasteiger partial charge in [-0.2, -0.15) is 0 Å². The molecular weight excluding hydrogens is 663 g/mol. The zero-order valence-corrected chi connectivity index (χ0v) is 32.4. The SMILES string of the molecule is Cc1c(F)cc(C(=O)NC2CC2)cc1-c1ccc2c(=O)n(CC(C)(C)COC(=O)C(C)(C)C)cc(CN3CCN(C(=O)OC(C)(C)C)C[C@H]3C)c2c1. The molecule has 2 aliphatic rings. The average Bonchev–Trinajstić information content (AvgIpc) is 3.86. The van der Waals surface area contributed by atoms with Gasteiger partial charge in [0.15, 0.2) is 0 Å². The van der Waals surface area contributed by atoms with E-state index in [0.717, 1.165) is 23.8 Å². The fourth-order valence-electron chi connectivity index (χ4n) is 6.41. The Labute approximate surface area is 306 Å². The maximum absolute atomic E-state index is 15.3. The number of carbonyl (C=O) groups is 3. The van der Waals surface area contributed by atoms with Crippen molar-refractivity contribution in [2.45, 2.75) is 113 Å². The van der Waals surface area contributed by atoms with Crippen LogP contribution in [-0.4, -0.2) is 76.3 Å². The highest BCUT2D eigenvalue weighted by atomic mass is 19.1. The molecule has 2 fully saturated rings. The third-order valence-electron chi connectivity index (χ3n) is 9.59. The lowest BCUT2D eigenvalue weighted by Gasteiger charge is -2.40. The Hall–Kier alpha value is -4.25. The van der Waals surface area contributed by atoms with Gasteiger partial charge in [-0.05, 0) is 120 Å². The molecule has 52 heavy (non-hydrogen) atoms. The van der Waals surface area contributed by atoms with Gasteiger partial charge in [0, 0.05) is 67.4 Å². The first-order valence-electron chi connectivity index (χ1n) is 18.3. The molecule has 0 unspecified atom stereocenters. The van der Waals surface area contributed by atoms with Crippen LogP contribution in [0.25, 0.3) is 21.9 Å². The minimum atomic E-state index is -0.646. The summed E-state index contributed by atoms with van der Waals surface area (Å²) in [5, 5.41) is 4.18. The number of rotatable bonds is 9. The highest BCUT2D eigenvalue weighted by Crippen LogP contribution is 2.32. The number of piperazine rings is 1. The molecule has 2 aromatic carbocycles. The van der Waals surface area contributed by atoms with Gasteiger partial charge in [0.1, 0.15) is 11.4 Å². The van der Waals surface area contributed by atoms with Crippen LogP contribution in [0.15, 0.2) is 41.3 Å². The molecule has 1 aromatic heterocycles. The highest BCUT2D eigenvalue weighted by Gasteiger charge is 2.32. The van der Waals surface area contributed by atoms with E-state index in [1.165, 1.54) is 6.07 Å². The van der Waals surface area contributed by atoms with Gasteiger partial charge in [-0.25, -0.2) is 9.18 Å². The van der Waals surface area contributed by atoms with Crippen LogP contribution >= 0.6 is 0 Å². The van der Waals surface area contributed by atoms with Crippen LogP contribution in [0.3, 0.4) is 0 Å². The van der Waals surface area contributed by atoms with Crippen LogP contribution in [0.2, 0.25) is 0 Å². The Kier molecular flexibility index (Phi) is 11.0. The van der Waals surface area contributed by atoms with E-state index in [1.54, 1.807) is 55.4 Å². The summed E-state index contributed by atoms with van der Waals surface area (Å²) in [4.78, 5) is 56.5. The molecule has 0 spiro atoms. The molecule has 1 aliphatic carbocycles. The molecule has 1 saturated heterocycles. The summed E-state index contributed by atoms with van der Waals surface area (Å²) in [6, 6.07) is 8.62. The van der Waals surface area contributed by atoms with Gasteiger partial charge < -0.3 is 24.3 Å². The van der Waals surface area contributed by atoms with Crippen LogP contribution < -0.4 is 10.9 Å². The number of nitrogens with zero attached hydrogens (tertiary/aromatic N) is 3. The average molecular weight is 719 g/mol. The van der Waals surface area contributed by atoms with Gasteiger partial charge in [-0.15, -0.1) is 0 Å². The lowest BCUT2D eigenvalue weighted by molar-refractivity contribution is -0.156. The smallest absolute Gasteiger partial charge is 0.410 e. The van der Waals surface area contributed by atoms with E-state index < -0.39 is 22.2 Å². The van der Waals surface area contributed by atoms with Crippen LogP contribution in [0.5, 0.6) is 0 Å². The summed E-state index contributed by atoms with van der Waals surface area (Å²) in [6.45, 7) is 21.1. The van der Waals surface area contributed by atoms with Crippen molar-refractivity contribution in [3.05, 3.63) is 69.4 Å². The van der Waals surface area contributed by atoms with Gasteiger partial charge in [0.2, 0.25) is 0 Å². The van der Waals surface area contributed by atoms with E-state index in [1.807, 2.05) is 46.9 Å². The number of hydrogen-bond acceptors (Lipinski definition) is 7. The summed E-state index contributed by atoms with van der Waals surface area (Å²) >= 11 is 0. The second-order valence-corrected chi connectivity index (χ2v) is 17.5. The van der Waals surface area contributed by atoms with E-state index >= 15 is 4.39 Å². The standard InChI is InChI=1S/C41H55FN4O6/c1-25-20-45(38(50)52-40(6,7)8)16-15-44(25)21-29-22-46(23-41(9,10)24-51-37(49)39(3,4)5)36(48)31-14-11-27(17-33(29)31)32-18-28(19-34(42)26(32)2)35(47)43-30-12-13-30/h11,14,17-19,22,25,30H,12-13,15-16,20-21,23-24H2,1-10H3,(H,43,47)/t25-/m1/s1. The summed E-state index contributed by atoms with van der Waals surface area (Å²) < 4.78 is 28.3. The van der Waals surface area contributed by atoms with Crippen molar-refractivity contribution in [2.75, 3.05) is 26.2 Å². The highest BCUT2D eigenvalue weighted by molar-refractivity contribution is 5.97. The van der Waals surface area contributed by atoms with Gasteiger partial charge in [0.25, 0.3) is 11.5 Å². The monoisotopic (exact) mass is 718 g/mol. The molecule has 2 amide bonds. The van der Waals surface area contributed by atoms with Gasteiger partial charge in [0.05, 0.1) is 12.0 Å². The maximum atomic E-state index is 15.3. The summed E-state index contributed by atoms with van der Waals surface area (Å²) in [5.41, 5.74) is 0.844. The second-order valence-electron chi connectivity index (χ2n) is 17.5. The third kappa shape index (κ3) is 9.40. The van der Waals surface area contributed by atoms with Crippen molar-refractivity contribution >= 4 is 28.7 Å². The van der Waals surface area contributed by atoms with Crippen LogP contribution in [-0.2, 0) is 27.4 Å². The number of pyridine rings is 1. The molecule has 3 aromatic rings. The topological polar surface area (TPSA) is 110 Å². The first-order chi connectivity index (χ1) is 24.1. The summed E-state index contributed by atoms with van der Waals surface area (Å²) in [5.74, 6) is -1.08. The van der Waals surface area contributed by atoms with E-state index in [2.05, 4.69) is 17.1 Å². The predicted molar refractivity (Wildman–Crippen MR) is 201 cm³/mol. The van der Waals surface area contributed by atoms with Crippen LogP contribution in [0.1, 0.15) is 96.6 Å². The first-order valence-corrected chi connectivity index (χ1v) is 18.3. The molecule has 1 aliphatic heterocycles. The van der Waals surface area contributed by atoms with E-state index in [0.29, 0.717) is 54.8 Å². The molecule has 1 N–H and O–H groups in total. The predicted octanol–water partition coefficient (Wildman–Crippen LogP) is 7.06. The van der Waals surface area contributed by atoms with Gasteiger partial charge in [-0.1, -0.05) is 19.9 Å². The maximum Gasteiger partial charge on any atom is 0.410 e. The number of nitrogens with one attached hydrogen (secondary N) is 1. The minimum Gasteiger partial charge on any atom is -0.465 e. The van der Waals surface area contributed by atoms with Gasteiger partial charge in [-0.3, -0.25) is 19.3 Å². The number of aromatic nitrogens is 1. The molecule has 282 valence electrons. The molecule has 0 bridgehead atoms. The minimum absolute atomic E-state index is 0.00821. The van der Waals surface area contributed by atoms with E-state index in [9.17, 15) is 19.2 Å². The lowest BCUT2D eigenvalue weighted by atomic mass is 9.92. The summed E-state index contributed by atoms with van der Waals surface area (Å²) in [7, 11) is 0. The molecule has 10 nitrogen and oxygen atoms in total. The number of amides is 2. The zero-order chi connectivity index (χ0) is 38.3. The molecule has 5 rings (SSSR count). The van der Waals surface area contributed by atoms with Crippen LogP contribution in [0.4, 0.5) is 9.18 Å². The molecule has 11 heteroatoms. The molecule has 0 radical (unpaired) electrons. The second kappa shape index (κ2) is 14.6. The Balaban J connectivity index is 1.52. The molecular formula is C41H55FN4O6. The van der Waals surface area contributed by atoms with Crippen LogP contribution in [0, 0.1) is 23.6 Å². The Morgan fingerprint density at radius 1 is 0.962 bits per heavy atom. The van der Waals surface area contributed by atoms with Crippen molar-refractivity contribution in [3.8, 4) is 11.1 Å². The molecule has 1 saturated carbocycles. The number of fused-ring (bicyclic) bond motifs is 1. The molecule has 2 heterocycles. The largest absolute Gasteiger partial charge is 0.465 e. The zero-order valence-electron chi connectivity index (χ0n) is 32.4. The number of benzene rings is 2. The van der Waals surface area contributed by atoms with E-state index in [4.69, 9.17) is 9.47 Å². The number of ether oxygens (including phenoxy) is 2. The number of hydrogen-bond donors (Lipinski definition) is 1. The Morgan fingerprint density at radius 2 is 1.65 bits per heavy atom. The molecule has 1 atom stereocenters. The first kappa shape index (κ1) is 39.0. The van der Waals surface area contributed by atoms with Crippen molar-refractivity contribution in [1.29, 1.82) is 0 Å². The fraction of sp³-hybridized carbons (Fsp3) is 0.561. The lowest BCUT2D eigenvalue weighted by Crippen LogP contribution is -2.54. The van der Waals surface area contributed by atoms with E-state index in [-0.39, 0.29) is 47.8 Å². The normalized spacial score (nSPS) is 17.3.